The maximum atomic E-state index is 12.1. The monoisotopic (exact) mass is 238 g/mol. The smallest absolute Gasteiger partial charge is 0.336 e. The summed E-state index contributed by atoms with van der Waals surface area (Å²) in [6.07, 6.45) is -2.83. The summed E-state index contributed by atoms with van der Waals surface area (Å²) in [7, 11) is 1.20. The van der Waals surface area contributed by atoms with Crippen molar-refractivity contribution in [2.45, 2.75) is 32.0 Å². The van der Waals surface area contributed by atoms with Gasteiger partial charge in [-0.25, -0.2) is 0 Å². The number of halogens is 3. The van der Waals surface area contributed by atoms with Crippen molar-refractivity contribution in [1.29, 1.82) is 0 Å². The minimum Gasteiger partial charge on any atom is -0.336 e. The molecule has 0 radical (unpaired) electrons. The molecule has 2 unspecified atom stereocenters. The summed E-state index contributed by atoms with van der Waals surface area (Å²) in [4.78, 5) is 12.4. The summed E-state index contributed by atoms with van der Waals surface area (Å²) in [6.45, 7) is 1.31. The predicted molar refractivity (Wildman–Crippen MR) is 53.9 cm³/mol. The average Bonchev–Trinajstić information content (AvgIpc) is 2.15. The molecule has 0 aromatic carbocycles. The third kappa shape index (κ3) is 4.00. The van der Waals surface area contributed by atoms with Crippen LogP contribution < -0.4 is 5.32 Å². The molecular weight excluding hydrogens is 221 g/mol. The van der Waals surface area contributed by atoms with Crippen molar-refractivity contribution in [3.63, 3.8) is 0 Å². The molecule has 1 N–H and O–H groups in total. The molecule has 0 bridgehead atoms. The largest absolute Gasteiger partial charge is 0.406 e. The molecule has 0 spiro atoms. The maximum absolute atomic E-state index is 12.1. The fraction of sp³-hybridized carbons (Fsp3) is 0.900. The molecule has 94 valence electrons. The van der Waals surface area contributed by atoms with E-state index in [4.69, 9.17) is 0 Å². The summed E-state index contributed by atoms with van der Waals surface area (Å²) in [5.74, 6) is -0.736. The number of nitrogens with zero attached hydrogens (tertiary/aromatic N) is 1. The van der Waals surface area contributed by atoms with E-state index in [1.54, 1.807) is 0 Å². The molecule has 1 aliphatic rings. The lowest BCUT2D eigenvalue weighted by Crippen LogP contribution is -2.46. The van der Waals surface area contributed by atoms with E-state index in [0.29, 0.717) is 19.0 Å². The van der Waals surface area contributed by atoms with Crippen LogP contribution in [0.3, 0.4) is 0 Å². The molecular formula is C10H17F3N2O. The number of amides is 1. The number of alkyl halides is 3. The van der Waals surface area contributed by atoms with Crippen LogP contribution in [0.2, 0.25) is 0 Å². The van der Waals surface area contributed by atoms with Gasteiger partial charge >= 0.3 is 6.18 Å². The number of nitrogens with one attached hydrogen (secondary N) is 1. The van der Waals surface area contributed by atoms with Crippen LogP contribution in [0.5, 0.6) is 0 Å². The van der Waals surface area contributed by atoms with E-state index in [0.717, 1.165) is 11.3 Å². The first-order chi connectivity index (χ1) is 7.29. The van der Waals surface area contributed by atoms with Gasteiger partial charge in [-0.3, -0.25) is 4.79 Å². The Morgan fingerprint density at radius 3 is 2.50 bits per heavy atom. The number of rotatable bonds is 2. The molecule has 1 rings (SSSR count). The Labute approximate surface area is 93.0 Å². The lowest BCUT2D eigenvalue weighted by atomic mass is 9.94. The third-order valence-electron chi connectivity index (χ3n) is 2.80. The zero-order valence-electron chi connectivity index (χ0n) is 9.47. The van der Waals surface area contributed by atoms with Gasteiger partial charge in [-0.2, -0.15) is 13.2 Å². The van der Waals surface area contributed by atoms with Crippen LogP contribution in [0.15, 0.2) is 0 Å². The van der Waals surface area contributed by atoms with Gasteiger partial charge in [0, 0.05) is 19.6 Å². The first-order valence-electron chi connectivity index (χ1n) is 5.34. The van der Waals surface area contributed by atoms with Crippen LogP contribution >= 0.6 is 0 Å². The number of hydrogen-bond donors (Lipinski definition) is 1. The Bertz CT molecular complexity index is 247. The Morgan fingerprint density at radius 2 is 2.06 bits per heavy atom. The van der Waals surface area contributed by atoms with Gasteiger partial charge in [0.15, 0.2) is 0 Å². The molecule has 1 heterocycles. The highest BCUT2D eigenvalue weighted by molar-refractivity contribution is 5.79. The second-order valence-electron chi connectivity index (χ2n) is 4.39. The van der Waals surface area contributed by atoms with Crippen LogP contribution in [0.4, 0.5) is 13.2 Å². The van der Waals surface area contributed by atoms with Crippen LogP contribution in [-0.4, -0.2) is 43.2 Å². The summed E-state index contributed by atoms with van der Waals surface area (Å²) in [5.41, 5.74) is 0. The molecule has 2 atom stereocenters. The van der Waals surface area contributed by atoms with Crippen molar-refractivity contribution < 1.29 is 18.0 Å². The Kier molecular flexibility index (Phi) is 4.18. The number of carbonyl (C=O) groups is 1. The van der Waals surface area contributed by atoms with Crippen LogP contribution in [-0.2, 0) is 4.79 Å². The van der Waals surface area contributed by atoms with E-state index in [1.165, 1.54) is 7.05 Å². The van der Waals surface area contributed by atoms with E-state index < -0.39 is 18.6 Å². The summed E-state index contributed by atoms with van der Waals surface area (Å²) < 4.78 is 36.3. The SMILES string of the molecule is CC1CCC(C(=O)N(C)CC(F)(F)F)CN1. The minimum atomic E-state index is -4.32. The predicted octanol–water partition coefficient (Wildman–Crippen LogP) is 1.40. The average molecular weight is 238 g/mol. The minimum absolute atomic E-state index is 0.316. The Morgan fingerprint density at radius 1 is 1.44 bits per heavy atom. The first-order valence-corrected chi connectivity index (χ1v) is 5.34. The summed E-state index contributed by atoms with van der Waals surface area (Å²) in [5, 5.41) is 3.10. The van der Waals surface area contributed by atoms with E-state index >= 15 is 0 Å². The zero-order chi connectivity index (χ0) is 12.3. The lowest BCUT2D eigenvalue weighted by Gasteiger charge is -2.30. The molecule has 0 aromatic rings. The maximum Gasteiger partial charge on any atom is 0.406 e. The van der Waals surface area contributed by atoms with Crippen molar-refractivity contribution in [3.8, 4) is 0 Å². The van der Waals surface area contributed by atoms with Gasteiger partial charge in [0.05, 0.1) is 5.92 Å². The van der Waals surface area contributed by atoms with Gasteiger partial charge in [0.25, 0.3) is 0 Å². The second kappa shape index (κ2) is 5.03. The lowest BCUT2D eigenvalue weighted by molar-refractivity contribution is -0.161. The van der Waals surface area contributed by atoms with Gasteiger partial charge in [-0.15, -0.1) is 0 Å². The topological polar surface area (TPSA) is 32.3 Å². The van der Waals surface area contributed by atoms with Gasteiger partial charge in [0.2, 0.25) is 5.91 Å². The molecule has 0 aromatic heterocycles. The molecule has 0 aliphatic carbocycles. The molecule has 16 heavy (non-hydrogen) atoms. The highest BCUT2D eigenvalue weighted by Crippen LogP contribution is 2.20. The van der Waals surface area contributed by atoms with Gasteiger partial charge in [0.1, 0.15) is 6.54 Å². The molecule has 3 nitrogen and oxygen atoms in total. The van der Waals surface area contributed by atoms with Gasteiger partial charge < -0.3 is 10.2 Å². The van der Waals surface area contributed by atoms with Crippen LogP contribution in [0.25, 0.3) is 0 Å². The molecule has 1 fully saturated rings. The number of carbonyl (C=O) groups excluding carboxylic acids is 1. The molecule has 1 saturated heterocycles. The molecule has 0 saturated carbocycles. The Hall–Kier alpha value is -0.780. The van der Waals surface area contributed by atoms with E-state index in [1.807, 2.05) is 6.92 Å². The van der Waals surface area contributed by atoms with Gasteiger partial charge in [-0.05, 0) is 19.8 Å². The number of hydrogen-bond acceptors (Lipinski definition) is 2. The Balaban J connectivity index is 2.45. The first kappa shape index (κ1) is 13.3. The fourth-order valence-corrected chi connectivity index (χ4v) is 1.87. The van der Waals surface area contributed by atoms with E-state index in [2.05, 4.69) is 5.32 Å². The molecule has 1 aliphatic heterocycles. The number of piperidine rings is 1. The normalized spacial score (nSPS) is 26.6. The molecule has 6 heteroatoms. The summed E-state index contributed by atoms with van der Waals surface area (Å²) in [6, 6.07) is 0.344. The summed E-state index contributed by atoms with van der Waals surface area (Å²) >= 11 is 0. The standard InChI is InChI=1S/C10H17F3N2O/c1-7-3-4-8(5-14-7)9(16)15(2)6-10(11,12)13/h7-8,14H,3-6H2,1-2H3. The van der Waals surface area contributed by atoms with Crippen LogP contribution in [0, 0.1) is 5.92 Å². The highest BCUT2D eigenvalue weighted by Gasteiger charge is 2.34. The fourth-order valence-electron chi connectivity index (χ4n) is 1.87. The van der Waals surface area contributed by atoms with Crippen molar-refractivity contribution in [3.05, 3.63) is 0 Å². The zero-order valence-corrected chi connectivity index (χ0v) is 9.47. The van der Waals surface area contributed by atoms with Crippen molar-refractivity contribution >= 4 is 5.91 Å². The quantitative estimate of drug-likeness (QED) is 0.788. The van der Waals surface area contributed by atoms with Crippen molar-refractivity contribution in [2.75, 3.05) is 20.1 Å². The van der Waals surface area contributed by atoms with Gasteiger partial charge in [-0.1, -0.05) is 0 Å². The van der Waals surface area contributed by atoms with Crippen molar-refractivity contribution in [2.24, 2.45) is 5.92 Å². The second-order valence-corrected chi connectivity index (χ2v) is 4.39. The third-order valence-corrected chi connectivity index (χ3v) is 2.80. The van der Waals surface area contributed by atoms with Crippen molar-refractivity contribution in [1.82, 2.24) is 10.2 Å². The van der Waals surface area contributed by atoms with E-state index in [9.17, 15) is 18.0 Å². The molecule has 1 amide bonds. The van der Waals surface area contributed by atoms with Crippen LogP contribution in [0.1, 0.15) is 19.8 Å². The van der Waals surface area contributed by atoms with E-state index in [-0.39, 0.29) is 5.92 Å². The highest BCUT2D eigenvalue weighted by atomic mass is 19.4.